The first-order chi connectivity index (χ1) is 10.9. The minimum absolute atomic E-state index is 0.101. The van der Waals surface area contributed by atoms with Crippen LogP contribution in [0.5, 0.6) is 0 Å². The number of benzene rings is 1. The van der Waals surface area contributed by atoms with Gasteiger partial charge in [0.05, 0.1) is 5.69 Å². The Bertz CT molecular complexity index is 869. The van der Waals surface area contributed by atoms with Crippen molar-refractivity contribution in [3.63, 3.8) is 0 Å². The SMILES string of the molecule is Cc1ccc(NS(=O)(=O)c2cc3n(c2)CCCNC3=O)c(C)c1. The van der Waals surface area contributed by atoms with Crippen LogP contribution in [0.1, 0.15) is 28.0 Å². The molecule has 6 nitrogen and oxygen atoms in total. The molecule has 0 saturated carbocycles. The molecule has 0 bridgehead atoms. The summed E-state index contributed by atoms with van der Waals surface area (Å²) in [6.07, 6.45) is 2.30. The number of aryl methyl sites for hydroxylation is 3. The highest BCUT2D eigenvalue weighted by molar-refractivity contribution is 7.92. The van der Waals surface area contributed by atoms with Crippen LogP contribution in [0.4, 0.5) is 5.69 Å². The van der Waals surface area contributed by atoms with E-state index in [-0.39, 0.29) is 10.8 Å². The number of carbonyl (C=O) groups is 1. The Morgan fingerprint density at radius 2 is 2.00 bits per heavy atom. The lowest BCUT2D eigenvalue weighted by atomic mass is 10.1. The summed E-state index contributed by atoms with van der Waals surface area (Å²) in [6.45, 7) is 5.03. The zero-order chi connectivity index (χ0) is 16.6. The maximum Gasteiger partial charge on any atom is 0.267 e. The second-order valence-electron chi connectivity index (χ2n) is 5.79. The first kappa shape index (κ1) is 15.6. The fourth-order valence-corrected chi connectivity index (χ4v) is 3.85. The summed E-state index contributed by atoms with van der Waals surface area (Å²) in [5.41, 5.74) is 2.84. The Kier molecular flexibility index (Phi) is 3.89. The lowest BCUT2D eigenvalue weighted by molar-refractivity contribution is 0.0951. The van der Waals surface area contributed by atoms with Crippen LogP contribution in [0.15, 0.2) is 35.4 Å². The average Bonchev–Trinajstić information content (AvgIpc) is 2.84. The molecule has 3 rings (SSSR count). The van der Waals surface area contributed by atoms with Crippen LogP contribution in [0, 0.1) is 13.8 Å². The highest BCUT2D eigenvalue weighted by Crippen LogP contribution is 2.23. The highest BCUT2D eigenvalue weighted by Gasteiger charge is 2.23. The predicted molar refractivity (Wildman–Crippen MR) is 88.1 cm³/mol. The summed E-state index contributed by atoms with van der Waals surface area (Å²) in [4.78, 5) is 12.0. The van der Waals surface area contributed by atoms with E-state index in [1.54, 1.807) is 10.6 Å². The van der Waals surface area contributed by atoms with Gasteiger partial charge in [0.15, 0.2) is 0 Å². The lowest BCUT2D eigenvalue weighted by Crippen LogP contribution is -2.22. The quantitative estimate of drug-likeness (QED) is 0.902. The van der Waals surface area contributed by atoms with Crippen LogP contribution in [0.2, 0.25) is 0 Å². The number of sulfonamides is 1. The number of carbonyl (C=O) groups excluding carboxylic acids is 1. The third-order valence-electron chi connectivity index (χ3n) is 3.90. The number of hydrogen-bond acceptors (Lipinski definition) is 3. The normalized spacial score (nSPS) is 14.8. The van der Waals surface area contributed by atoms with Gasteiger partial charge in [-0.15, -0.1) is 0 Å². The van der Waals surface area contributed by atoms with Crippen LogP contribution < -0.4 is 10.0 Å². The summed E-state index contributed by atoms with van der Waals surface area (Å²) >= 11 is 0. The number of aromatic nitrogens is 1. The van der Waals surface area contributed by atoms with Crippen molar-refractivity contribution in [3.05, 3.63) is 47.3 Å². The summed E-state index contributed by atoms with van der Waals surface area (Å²) in [7, 11) is -3.73. The fraction of sp³-hybridized carbons (Fsp3) is 0.312. The van der Waals surface area contributed by atoms with Gasteiger partial charge >= 0.3 is 0 Å². The Labute approximate surface area is 135 Å². The second-order valence-corrected chi connectivity index (χ2v) is 7.47. The van der Waals surface area contributed by atoms with Gasteiger partial charge in [0.1, 0.15) is 10.6 Å². The van der Waals surface area contributed by atoms with E-state index in [4.69, 9.17) is 0 Å². The van der Waals surface area contributed by atoms with E-state index in [9.17, 15) is 13.2 Å². The molecular weight excluding hydrogens is 314 g/mol. The number of nitrogens with zero attached hydrogens (tertiary/aromatic N) is 1. The van der Waals surface area contributed by atoms with Crippen molar-refractivity contribution in [3.8, 4) is 0 Å². The van der Waals surface area contributed by atoms with Crippen molar-refractivity contribution in [2.45, 2.75) is 31.7 Å². The van der Waals surface area contributed by atoms with Crippen molar-refractivity contribution < 1.29 is 13.2 Å². The largest absolute Gasteiger partial charge is 0.351 e. The van der Waals surface area contributed by atoms with Crippen molar-refractivity contribution in [2.75, 3.05) is 11.3 Å². The van der Waals surface area contributed by atoms with E-state index >= 15 is 0 Å². The summed E-state index contributed by atoms with van der Waals surface area (Å²) in [6, 6.07) is 6.94. The van der Waals surface area contributed by atoms with Crippen molar-refractivity contribution in [2.24, 2.45) is 0 Å². The summed E-state index contributed by atoms with van der Waals surface area (Å²) in [5.74, 6) is -0.240. The molecule has 7 heteroatoms. The number of hydrogen-bond donors (Lipinski definition) is 2. The average molecular weight is 333 g/mol. The van der Waals surface area contributed by atoms with Crippen LogP contribution in [-0.4, -0.2) is 25.4 Å². The molecule has 1 aliphatic heterocycles. The van der Waals surface area contributed by atoms with Gasteiger partial charge in [0.25, 0.3) is 15.9 Å². The number of rotatable bonds is 3. The molecule has 0 aliphatic carbocycles. The van der Waals surface area contributed by atoms with E-state index in [0.717, 1.165) is 17.5 Å². The lowest BCUT2D eigenvalue weighted by Gasteiger charge is -2.10. The second kappa shape index (κ2) is 5.73. The van der Waals surface area contributed by atoms with E-state index in [1.165, 1.54) is 12.3 Å². The van der Waals surface area contributed by atoms with Crippen LogP contribution in [0.25, 0.3) is 0 Å². The number of fused-ring (bicyclic) bond motifs is 1. The first-order valence-corrected chi connectivity index (χ1v) is 8.93. The Morgan fingerprint density at radius 1 is 1.22 bits per heavy atom. The molecule has 1 amide bonds. The zero-order valence-electron chi connectivity index (χ0n) is 13.1. The molecule has 2 N–H and O–H groups in total. The molecule has 1 aromatic carbocycles. The molecule has 0 unspecified atom stereocenters. The topological polar surface area (TPSA) is 80.2 Å². The number of nitrogens with one attached hydrogen (secondary N) is 2. The Hall–Kier alpha value is -2.28. The molecule has 0 radical (unpaired) electrons. The maximum atomic E-state index is 12.6. The molecule has 2 heterocycles. The van der Waals surface area contributed by atoms with Gasteiger partial charge in [-0.1, -0.05) is 17.7 Å². The predicted octanol–water partition coefficient (Wildman–Crippen LogP) is 2.04. The monoisotopic (exact) mass is 333 g/mol. The first-order valence-electron chi connectivity index (χ1n) is 7.45. The molecule has 1 aliphatic rings. The fourth-order valence-electron chi connectivity index (χ4n) is 2.68. The van der Waals surface area contributed by atoms with Gasteiger partial charge < -0.3 is 9.88 Å². The third kappa shape index (κ3) is 3.10. The van der Waals surface area contributed by atoms with Gasteiger partial charge in [-0.25, -0.2) is 8.42 Å². The summed E-state index contributed by atoms with van der Waals surface area (Å²) < 4.78 is 29.5. The molecule has 0 saturated heterocycles. The van der Waals surface area contributed by atoms with E-state index in [1.807, 2.05) is 26.0 Å². The van der Waals surface area contributed by atoms with Gasteiger partial charge in [0.2, 0.25) is 0 Å². The molecule has 1 aromatic heterocycles. The standard InChI is InChI=1S/C16H19N3O3S/c1-11-4-5-14(12(2)8-11)18-23(21,22)13-9-15-16(20)17-6-3-7-19(15)10-13/h4-5,8-10,18H,3,6-7H2,1-2H3,(H,17,20). The van der Waals surface area contributed by atoms with Gasteiger partial charge in [-0.05, 0) is 38.0 Å². The zero-order valence-corrected chi connectivity index (χ0v) is 13.9. The van der Waals surface area contributed by atoms with Crippen molar-refractivity contribution in [1.29, 1.82) is 0 Å². The molecule has 122 valence electrons. The molecule has 23 heavy (non-hydrogen) atoms. The highest BCUT2D eigenvalue weighted by atomic mass is 32.2. The third-order valence-corrected chi connectivity index (χ3v) is 5.23. The molecule has 0 fully saturated rings. The van der Waals surface area contributed by atoms with Gasteiger partial charge in [-0.2, -0.15) is 0 Å². The van der Waals surface area contributed by atoms with Crippen LogP contribution >= 0.6 is 0 Å². The summed E-state index contributed by atoms with van der Waals surface area (Å²) in [5, 5.41) is 2.76. The molecular formula is C16H19N3O3S. The van der Waals surface area contributed by atoms with E-state index < -0.39 is 10.0 Å². The van der Waals surface area contributed by atoms with Gasteiger partial charge in [0, 0.05) is 19.3 Å². The minimum atomic E-state index is -3.73. The Morgan fingerprint density at radius 3 is 2.74 bits per heavy atom. The van der Waals surface area contributed by atoms with E-state index in [2.05, 4.69) is 10.0 Å². The number of anilines is 1. The Balaban J connectivity index is 1.94. The van der Waals surface area contributed by atoms with Crippen molar-refractivity contribution in [1.82, 2.24) is 9.88 Å². The van der Waals surface area contributed by atoms with Crippen molar-refractivity contribution >= 4 is 21.6 Å². The number of amides is 1. The molecule has 0 atom stereocenters. The smallest absolute Gasteiger partial charge is 0.267 e. The molecule has 2 aromatic rings. The van der Waals surface area contributed by atoms with E-state index in [0.29, 0.717) is 24.5 Å². The molecule has 0 spiro atoms. The minimum Gasteiger partial charge on any atom is -0.351 e. The van der Waals surface area contributed by atoms with Crippen LogP contribution in [0.3, 0.4) is 0 Å². The maximum absolute atomic E-state index is 12.6. The van der Waals surface area contributed by atoms with Gasteiger partial charge in [-0.3, -0.25) is 9.52 Å². The van der Waals surface area contributed by atoms with Crippen LogP contribution in [-0.2, 0) is 16.6 Å².